The summed E-state index contributed by atoms with van der Waals surface area (Å²) in [5, 5.41) is 0. The molecule has 0 aromatic heterocycles. The highest BCUT2D eigenvalue weighted by atomic mass is 16.5. The first-order valence-electron chi connectivity index (χ1n) is 6.51. The molecule has 0 amide bonds. The summed E-state index contributed by atoms with van der Waals surface area (Å²) in [5.41, 5.74) is 6.80. The first-order valence-corrected chi connectivity index (χ1v) is 6.51. The molecule has 1 unspecified atom stereocenters. The van der Waals surface area contributed by atoms with Gasteiger partial charge in [-0.3, -0.25) is 0 Å². The monoisotopic (exact) mass is 231 g/mol. The predicted molar refractivity (Wildman–Crippen MR) is 71.0 cm³/mol. The Morgan fingerprint density at radius 3 is 2.94 bits per heavy atom. The molecule has 0 radical (unpaired) electrons. The second-order valence-electron chi connectivity index (χ2n) is 4.53. The third-order valence-corrected chi connectivity index (χ3v) is 3.18. The van der Waals surface area contributed by atoms with Gasteiger partial charge in [-0.15, -0.1) is 0 Å². The third kappa shape index (κ3) is 3.60. The summed E-state index contributed by atoms with van der Waals surface area (Å²) in [6, 6.07) is 8.04. The van der Waals surface area contributed by atoms with Crippen molar-refractivity contribution in [3.8, 4) is 5.75 Å². The molecule has 1 aromatic carbocycles. The van der Waals surface area contributed by atoms with Crippen LogP contribution < -0.4 is 10.5 Å². The molecule has 1 aliphatic rings. The molecular formula is C15H21NO. The van der Waals surface area contributed by atoms with Crippen LogP contribution in [0.2, 0.25) is 0 Å². The maximum Gasteiger partial charge on any atom is 0.124 e. The zero-order valence-corrected chi connectivity index (χ0v) is 10.3. The van der Waals surface area contributed by atoms with Gasteiger partial charge >= 0.3 is 0 Å². The van der Waals surface area contributed by atoms with E-state index >= 15 is 0 Å². The number of rotatable bonds is 3. The average molecular weight is 231 g/mol. The van der Waals surface area contributed by atoms with Crippen LogP contribution in [-0.4, -0.2) is 6.10 Å². The summed E-state index contributed by atoms with van der Waals surface area (Å²) in [6.45, 7) is 0.534. The Hall–Kier alpha value is -1.28. The van der Waals surface area contributed by atoms with E-state index in [0.717, 1.165) is 17.7 Å². The van der Waals surface area contributed by atoms with Crippen molar-refractivity contribution in [3.05, 3.63) is 42.0 Å². The second-order valence-corrected chi connectivity index (χ2v) is 4.53. The van der Waals surface area contributed by atoms with Gasteiger partial charge in [-0.1, -0.05) is 30.7 Å². The maximum absolute atomic E-state index is 6.05. The molecule has 0 aliphatic heterocycles. The quantitative estimate of drug-likeness (QED) is 0.809. The van der Waals surface area contributed by atoms with Gasteiger partial charge in [-0.05, 0) is 37.8 Å². The van der Waals surface area contributed by atoms with E-state index < -0.39 is 0 Å². The number of ether oxygens (including phenoxy) is 1. The highest BCUT2D eigenvalue weighted by Gasteiger charge is 2.10. The summed E-state index contributed by atoms with van der Waals surface area (Å²) in [4.78, 5) is 0. The van der Waals surface area contributed by atoms with Crippen molar-refractivity contribution < 1.29 is 4.74 Å². The van der Waals surface area contributed by atoms with Gasteiger partial charge in [0.2, 0.25) is 0 Å². The summed E-state index contributed by atoms with van der Waals surface area (Å²) in [5.74, 6) is 0.935. The molecule has 0 fully saturated rings. The van der Waals surface area contributed by atoms with Crippen molar-refractivity contribution >= 4 is 0 Å². The van der Waals surface area contributed by atoms with Gasteiger partial charge in [0.25, 0.3) is 0 Å². The molecule has 2 heteroatoms. The number of allylic oxidation sites excluding steroid dienone is 1. The van der Waals surface area contributed by atoms with Gasteiger partial charge in [-0.2, -0.15) is 0 Å². The lowest BCUT2D eigenvalue weighted by atomic mass is 10.0. The number of benzene rings is 1. The smallest absolute Gasteiger partial charge is 0.124 e. The predicted octanol–water partition coefficient (Wildman–Crippen LogP) is 3.41. The molecule has 1 aromatic rings. The van der Waals surface area contributed by atoms with E-state index in [9.17, 15) is 0 Å². The largest absolute Gasteiger partial charge is 0.486 e. The van der Waals surface area contributed by atoms with Crippen LogP contribution in [0.5, 0.6) is 5.75 Å². The van der Waals surface area contributed by atoms with Gasteiger partial charge in [0.1, 0.15) is 11.9 Å². The van der Waals surface area contributed by atoms with E-state index in [2.05, 4.69) is 12.2 Å². The van der Waals surface area contributed by atoms with E-state index in [4.69, 9.17) is 10.5 Å². The molecule has 0 saturated heterocycles. The number of nitrogens with two attached hydrogens (primary N) is 1. The van der Waals surface area contributed by atoms with Crippen LogP contribution in [0.4, 0.5) is 0 Å². The summed E-state index contributed by atoms with van der Waals surface area (Å²) >= 11 is 0. The van der Waals surface area contributed by atoms with Crippen LogP contribution in [0.3, 0.4) is 0 Å². The van der Waals surface area contributed by atoms with Crippen molar-refractivity contribution in [3.63, 3.8) is 0 Å². The summed E-state index contributed by atoms with van der Waals surface area (Å²) in [7, 11) is 0. The van der Waals surface area contributed by atoms with E-state index in [0.29, 0.717) is 6.54 Å². The summed E-state index contributed by atoms with van der Waals surface area (Å²) < 4.78 is 6.05. The lowest BCUT2D eigenvalue weighted by Crippen LogP contribution is -2.16. The highest BCUT2D eigenvalue weighted by Crippen LogP contribution is 2.22. The van der Waals surface area contributed by atoms with E-state index in [1.54, 1.807) is 0 Å². The van der Waals surface area contributed by atoms with Gasteiger partial charge in [-0.25, -0.2) is 0 Å². The van der Waals surface area contributed by atoms with Crippen LogP contribution >= 0.6 is 0 Å². The Kier molecular flexibility index (Phi) is 4.63. The molecular weight excluding hydrogens is 210 g/mol. The van der Waals surface area contributed by atoms with Crippen molar-refractivity contribution in [2.45, 2.75) is 44.8 Å². The van der Waals surface area contributed by atoms with Crippen LogP contribution in [0, 0.1) is 0 Å². The second kappa shape index (κ2) is 6.45. The zero-order valence-electron chi connectivity index (χ0n) is 10.3. The number of hydrogen-bond donors (Lipinski definition) is 1. The minimum absolute atomic E-state index is 0.211. The van der Waals surface area contributed by atoms with Crippen LogP contribution in [0.15, 0.2) is 36.4 Å². The molecule has 0 heterocycles. The molecule has 92 valence electrons. The van der Waals surface area contributed by atoms with Crippen LogP contribution in [-0.2, 0) is 6.54 Å². The minimum Gasteiger partial charge on any atom is -0.486 e. The lowest BCUT2D eigenvalue weighted by molar-refractivity contribution is 0.229. The third-order valence-electron chi connectivity index (χ3n) is 3.18. The normalized spacial score (nSPS) is 22.5. The Balaban J connectivity index is 2.05. The first kappa shape index (κ1) is 12.2. The molecule has 2 N–H and O–H groups in total. The van der Waals surface area contributed by atoms with Crippen molar-refractivity contribution in [2.75, 3.05) is 0 Å². The zero-order chi connectivity index (χ0) is 11.9. The van der Waals surface area contributed by atoms with E-state index in [1.807, 2.05) is 24.3 Å². The van der Waals surface area contributed by atoms with Crippen LogP contribution in [0.25, 0.3) is 0 Å². The fourth-order valence-electron chi connectivity index (χ4n) is 2.18. The molecule has 1 aliphatic carbocycles. The Labute approximate surface area is 103 Å². The molecule has 0 saturated carbocycles. The lowest BCUT2D eigenvalue weighted by Gasteiger charge is -2.19. The van der Waals surface area contributed by atoms with Gasteiger partial charge in [0.15, 0.2) is 0 Å². The topological polar surface area (TPSA) is 35.2 Å². The maximum atomic E-state index is 6.05. The molecule has 0 spiro atoms. The summed E-state index contributed by atoms with van der Waals surface area (Å²) in [6.07, 6.45) is 10.8. The Morgan fingerprint density at radius 1 is 1.18 bits per heavy atom. The van der Waals surface area contributed by atoms with Gasteiger partial charge in [0.05, 0.1) is 0 Å². The molecule has 2 nitrogen and oxygen atoms in total. The van der Waals surface area contributed by atoms with Crippen molar-refractivity contribution in [2.24, 2.45) is 5.73 Å². The average Bonchev–Trinajstić information content (AvgIpc) is 2.33. The molecule has 1 atom stereocenters. The van der Waals surface area contributed by atoms with Gasteiger partial charge in [0, 0.05) is 12.1 Å². The fourth-order valence-corrected chi connectivity index (χ4v) is 2.18. The Bertz CT molecular complexity index is 373. The first-order chi connectivity index (χ1) is 8.40. The molecule has 17 heavy (non-hydrogen) atoms. The fraction of sp³-hybridized carbons (Fsp3) is 0.467. The van der Waals surface area contributed by atoms with E-state index in [-0.39, 0.29) is 6.10 Å². The van der Waals surface area contributed by atoms with Gasteiger partial charge < -0.3 is 10.5 Å². The van der Waals surface area contributed by atoms with Crippen molar-refractivity contribution in [1.29, 1.82) is 0 Å². The SMILES string of the molecule is NCc1ccccc1OC1/C=C/CCCCC1. The number of para-hydroxylation sites is 1. The minimum atomic E-state index is 0.211. The van der Waals surface area contributed by atoms with E-state index in [1.165, 1.54) is 25.7 Å². The number of hydrogen-bond acceptors (Lipinski definition) is 2. The van der Waals surface area contributed by atoms with Crippen LogP contribution in [0.1, 0.15) is 37.7 Å². The molecule has 0 bridgehead atoms. The standard InChI is InChI=1S/C15H21NO/c16-12-13-8-6-7-11-15(13)17-14-9-4-2-1-3-5-10-14/h4,6-9,11,14H,1-3,5,10,12,16H2/b9-4+. The highest BCUT2D eigenvalue weighted by molar-refractivity contribution is 5.33. The van der Waals surface area contributed by atoms with Crippen molar-refractivity contribution in [1.82, 2.24) is 0 Å². The molecule has 2 rings (SSSR count). The Morgan fingerprint density at radius 2 is 2.06 bits per heavy atom.